The van der Waals surface area contributed by atoms with E-state index in [0.29, 0.717) is 13.0 Å². The summed E-state index contributed by atoms with van der Waals surface area (Å²) in [5, 5.41) is 12.1. The van der Waals surface area contributed by atoms with Gasteiger partial charge in [0.2, 0.25) is 0 Å². The Morgan fingerprint density at radius 2 is 2.00 bits per heavy atom. The number of carbonyl (C=O) groups is 1. The van der Waals surface area contributed by atoms with Crippen LogP contribution in [0.4, 0.5) is 0 Å². The van der Waals surface area contributed by atoms with Crippen LogP contribution in [0.1, 0.15) is 47.0 Å². The molecule has 0 aliphatic heterocycles. The number of hydrogen-bond donors (Lipinski definition) is 2. The van der Waals surface area contributed by atoms with Crippen LogP contribution < -0.4 is 5.32 Å². The summed E-state index contributed by atoms with van der Waals surface area (Å²) in [6, 6.07) is -0.383. The van der Waals surface area contributed by atoms with Crippen molar-refractivity contribution in [2.24, 2.45) is 0 Å². The van der Waals surface area contributed by atoms with E-state index in [1.165, 1.54) is 0 Å². The molecule has 2 atom stereocenters. The molecule has 16 heavy (non-hydrogen) atoms. The fraction of sp³-hybridized carbons (Fsp3) is 0.917. The summed E-state index contributed by atoms with van der Waals surface area (Å²) >= 11 is 0. The number of unbranched alkanes of at least 4 members (excludes halogenated alkanes) is 1. The molecule has 0 heterocycles. The molecule has 0 bridgehead atoms. The zero-order valence-corrected chi connectivity index (χ0v) is 10.8. The second-order valence-electron chi connectivity index (χ2n) is 4.48. The third kappa shape index (κ3) is 7.65. The van der Waals surface area contributed by atoms with E-state index in [1.807, 2.05) is 20.8 Å². The number of carboxylic acids is 1. The quantitative estimate of drug-likeness (QED) is 0.637. The molecule has 1 unspecified atom stereocenters. The number of hydrogen-bond acceptors (Lipinski definition) is 3. The Balaban J connectivity index is 3.92. The highest BCUT2D eigenvalue weighted by Crippen LogP contribution is 2.03. The first kappa shape index (κ1) is 15.4. The molecule has 0 aromatic heterocycles. The van der Waals surface area contributed by atoms with Crippen molar-refractivity contribution < 1.29 is 14.6 Å². The minimum Gasteiger partial charge on any atom is -0.480 e. The first-order valence-corrected chi connectivity index (χ1v) is 6.07. The predicted molar refractivity (Wildman–Crippen MR) is 64.6 cm³/mol. The molecule has 0 radical (unpaired) electrons. The zero-order chi connectivity index (χ0) is 12.6. The Bertz CT molecular complexity index is 195. The maximum atomic E-state index is 11.0. The van der Waals surface area contributed by atoms with E-state index in [1.54, 1.807) is 0 Å². The van der Waals surface area contributed by atoms with Gasteiger partial charge in [-0.05, 0) is 27.2 Å². The minimum absolute atomic E-state index is 0.0698. The summed E-state index contributed by atoms with van der Waals surface area (Å²) in [5.74, 6) is -0.773. The van der Waals surface area contributed by atoms with Gasteiger partial charge in [-0.25, -0.2) is 0 Å². The van der Waals surface area contributed by atoms with Crippen molar-refractivity contribution in [1.29, 1.82) is 0 Å². The Kier molecular flexibility index (Phi) is 8.21. The largest absolute Gasteiger partial charge is 0.480 e. The molecule has 4 heteroatoms. The highest BCUT2D eigenvalue weighted by atomic mass is 16.5. The van der Waals surface area contributed by atoms with Crippen molar-refractivity contribution in [1.82, 2.24) is 5.32 Å². The molecule has 0 spiro atoms. The number of carboxylic acid groups (broad SMARTS) is 1. The van der Waals surface area contributed by atoms with Gasteiger partial charge in [0, 0.05) is 6.04 Å². The van der Waals surface area contributed by atoms with Crippen LogP contribution >= 0.6 is 0 Å². The van der Waals surface area contributed by atoms with Crippen molar-refractivity contribution in [2.75, 3.05) is 6.61 Å². The average molecular weight is 231 g/mol. The molecule has 0 rings (SSSR count). The normalized spacial score (nSPS) is 15.1. The molecular weight excluding hydrogens is 206 g/mol. The molecule has 0 amide bonds. The van der Waals surface area contributed by atoms with E-state index >= 15 is 0 Å². The lowest BCUT2D eigenvalue weighted by Gasteiger charge is -2.21. The average Bonchev–Trinajstić information content (AvgIpc) is 2.20. The van der Waals surface area contributed by atoms with Crippen LogP contribution in [0.15, 0.2) is 0 Å². The van der Waals surface area contributed by atoms with Crippen LogP contribution in [0.5, 0.6) is 0 Å². The highest BCUT2D eigenvalue weighted by molar-refractivity contribution is 5.73. The first-order chi connectivity index (χ1) is 7.47. The SMILES string of the molecule is CCCC[C@H](NC(C)COC(C)C)C(=O)O. The van der Waals surface area contributed by atoms with Gasteiger partial charge in [-0.3, -0.25) is 10.1 Å². The van der Waals surface area contributed by atoms with E-state index in [0.717, 1.165) is 12.8 Å². The Morgan fingerprint density at radius 3 is 2.44 bits per heavy atom. The van der Waals surface area contributed by atoms with Crippen LogP contribution in [0.2, 0.25) is 0 Å². The fourth-order valence-corrected chi connectivity index (χ4v) is 1.41. The van der Waals surface area contributed by atoms with E-state index in [9.17, 15) is 4.79 Å². The van der Waals surface area contributed by atoms with Gasteiger partial charge in [0.15, 0.2) is 0 Å². The molecule has 96 valence electrons. The van der Waals surface area contributed by atoms with Gasteiger partial charge in [-0.15, -0.1) is 0 Å². The van der Waals surface area contributed by atoms with Gasteiger partial charge < -0.3 is 9.84 Å². The molecule has 4 nitrogen and oxygen atoms in total. The first-order valence-electron chi connectivity index (χ1n) is 6.07. The topological polar surface area (TPSA) is 58.6 Å². The summed E-state index contributed by atoms with van der Waals surface area (Å²) in [5.41, 5.74) is 0. The number of ether oxygens (including phenoxy) is 1. The maximum absolute atomic E-state index is 11.0. The van der Waals surface area contributed by atoms with Gasteiger partial charge in [0.05, 0.1) is 12.7 Å². The number of aliphatic carboxylic acids is 1. The zero-order valence-electron chi connectivity index (χ0n) is 10.8. The van der Waals surface area contributed by atoms with Crippen LogP contribution in [0.3, 0.4) is 0 Å². The molecule has 0 saturated carbocycles. The van der Waals surface area contributed by atoms with Crippen LogP contribution in [-0.4, -0.2) is 35.9 Å². The summed E-state index contributed by atoms with van der Waals surface area (Å²) in [6.45, 7) is 8.50. The summed E-state index contributed by atoms with van der Waals surface area (Å²) in [4.78, 5) is 11.0. The highest BCUT2D eigenvalue weighted by Gasteiger charge is 2.18. The molecule has 0 aliphatic rings. The number of nitrogens with one attached hydrogen (secondary N) is 1. The molecule has 0 aliphatic carbocycles. The Labute approximate surface area is 98.4 Å². The third-order valence-corrected chi connectivity index (χ3v) is 2.31. The monoisotopic (exact) mass is 231 g/mol. The number of rotatable bonds is 9. The molecule has 0 saturated heterocycles. The smallest absolute Gasteiger partial charge is 0.320 e. The van der Waals surface area contributed by atoms with E-state index in [2.05, 4.69) is 12.2 Å². The lowest BCUT2D eigenvalue weighted by Crippen LogP contribution is -2.44. The van der Waals surface area contributed by atoms with Crippen molar-refractivity contribution in [3.8, 4) is 0 Å². The van der Waals surface area contributed by atoms with Crippen molar-refractivity contribution >= 4 is 5.97 Å². The predicted octanol–water partition coefficient (Wildman–Crippen LogP) is 2.03. The van der Waals surface area contributed by atoms with Crippen molar-refractivity contribution in [3.63, 3.8) is 0 Å². The van der Waals surface area contributed by atoms with Gasteiger partial charge >= 0.3 is 5.97 Å². The Morgan fingerprint density at radius 1 is 1.38 bits per heavy atom. The van der Waals surface area contributed by atoms with Crippen LogP contribution in [0, 0.1) is 0 Å². The summed E-state index contributed by atoms with van der Waals surface area (Å²) < 4.78 is 5.43. The standard InChI is InChI=1S/C12H25NO3/c1-5-6-7-11(12(14)15)13-10(4)8-16-9(2)3/h9-11,13H,5-8H2,1-4H3,(H,14,15)/t10?,11-/m0/s1. The van der Waals surface area contributed by atoms with Gasteiger partial charge in [-0.1, -0.05) is 19.8 Å². The Hall–Kier alpha value is -0.610. The minimum atomic E-state index is -0.773. The molecule has 0 aromatic carbocycles. The molecule has 0 aromatic rings. The van der Waals surface area contributed by atoms with E-state index in [4.69, 9.17) is 9.84 Å². The molecular formula is C12H25NO3. The molecule has 0 fully saturated rings. The fourth-order valence-electron chi connectivity index (χ4n) is 1.41. The van der Waals surface area contributed by atoms with E-state index < -0.39 is 12.0 Å². The summed E-state index contributed by atoms with van der Waals surface area (Å²) in [6.07, 6.45) is 2.81. The van der Waals surface area contributed by atoms with Crippen molar-refractivity contribution in [3.05, 3.63) is 0 Å². The van der Waals surface area contributed by atoms with Crippen LogP contribution in [-0.2, 0) is 9.53 Å². The van der Waals surface area contributed by atoms with Gasteiger partial charge in [0.25, 0.3) is 0 Å². The third-order valence-electron chi connectivity index (χ3n) is 2.31. The molecule has 2 N–H and O–H groups in total. The van der Waals surface area contributed by atoms with Crippen molar-refractivity contribution in [2.45, 2.75) is 65.1 Å². The second-order valence-corrected chi connectivity index (χ2v) is 4.48. The second kappa shape index (κ2) is 8.53. The lowest BCUT2D eigenvalue weighted by molar-refractivity contribution is -0.140. The summed E-state index contributed by atoms with van der Waals surface area (Å²) in [7, 11) is 0. The van der Waals surface area contributed by atoms with Gasteiger partial charge in [0.1, 0.15) is 6.04 Å². The van der Waals surface area contributed by atoms with Crippen LogP contribution in [0.25, 0.3) is 0 Å². The van der Waals surface area contributed by atoms with E-state index in [-0.39, 0.29) is 12.1 Å². The van der Waals surface area contributed by atoms with Gasteiger partial charge in [-0.2, -0.15) is 0 Å². The maximum Gasteiger partial charge on any atom is 0.320 e. The lowest BCUT2D eigenvalue weighted by atomic mass is 10.1.